The predicted molar refractivity (Wildman–Crippen MR) is 115 cm³/mol. The van der Waals surface area contributed by atoms with Crippen molar-refractivity contribution in [1.82, 2.24) is 9.29 Å². The number of carbonyl (C=O) groups excluding carboxylic acids is 1. The molecule has 154 valence electrons. The summed E-state index contributed by atoms with van der Waals surface area (Å²) >= 11 is 6.03. The molecule has 1 aromatic heterocycles. The molecule has 0 saturated heterocycles. The van der Waals surface area contributed by atoms with Gasteiger partial charge in [-0.05, 0) is 55.2 Å². The third-order valence-corrected chi connectivity index (χ3v) is 5.65. The maximum absolute atomic E-state index is 12.6. The van der Waals surface area contributed by atoms with Gasteiger partial charge in [0.25, 0.3) is 5.91 Å². The van der Waals surface area contributed by atoms with Crippen LogP contribution in [0.4, 0.5) is 0 Å². The van der Waals surface area contributed by atoms with Gasteiger partial charge in [-0.25, -0.2) is 13.1 Å². The molecule has 0 atom stereocenters. The van der Waals surface area contributed by atoms with Crippen molar-refractivity contribution < 1.29 is 17.9 Å². The fourth-order valence-corrected chi connectivity index (χ4v) is 3.93. The van der Waals surface area contributed by atoms with Crippen molar-refractivity contribution in [2.75, 3.05) is 12.9 Å². The lowest BCUT2D eigenvalue weighted by Gasteiger charge is -2.10. The van der Waals surface area contributed by atoms with Gasteiger partial charge >= 0.3 is 0 Å². The lowest BCUT2D eigenvalue weighted by molar-refractivity contribution is 0.0973. The number of rotatable bonds is 7. The SMILES string of the molecule is Cc1cc(OCCCc2c(C(=O)NS(C)(=O)=O)n(C)c3ccccc23)ccc1Cl. The molecular formula is C21H23ClN2O4S. The summed E-state index contributed by atoms with van der Waals surface area (Å²) < 4.78 is 32.7. The average molecular weight is 435 g/mol. The molecule has 0 aliphatic heterocycles. The van der Waals surface area contributed by atoms with E-state index in [1.165, 1.54) is 0 Å². The highest BCUT2D eigenvalue weighted by atomic mass is 35.5. The minimum Gasteiger partial charge on any atom is -0.494 e. The highest BCUT2D eigenvalue weighted by molar-refractivity contribution is 7.89. The molecule has 8 heteroatoms. The molecule has 6 nitrogen and oxygen atoms in total. The van der Waals surface area contributed by atoms with E-state index in [-0.39, 0.29) is 0 Å². The molecule has 1 heterocycles. The van der Waals surface area contributed by atoms with Gasteiger partial charge in [0.15, 0.2) is 0 Å². The summed E-state index contributed by atoms with van der Waals surface area (Å²) in [5.74, 6) is 0.107. The molecule has 0 radical (unpaired) electrons. The quantitative estimate of drug-likeness (QED) is 0.573. The van der Waals surface area contributed by atoms with Gasteiger partial charge in [0, 0.05) is 23.0 Å². The van der Waals surface area contributed by atoms with E-state index < -0.39 is 15.9 Å². The zero-order valence-electron chi connectivity index (χ0n) is 16.5. The molecule has 3 rings (SSSR count). The van der Waals surface area contributed by atoms with Gasteiger partial charge in [-0.1, -0.05) is 29.8 Å². The smallest absolute Gasteiger partial charge is 0.281 e. The Morgan fingerprint density at radius 2 is 1.93 bits per heavy atom. The van der Waals surface area contributed by atoms with Crippen molar-refractivity contribution in [2.45, 2.75) is 19.8 Å². The highest BCUT2D eigenvalue weighted by Crippen LogP contribution is 2.27. The molecule has 0 aliphatic rings. The second-order valence-electron chi connectivity index (χ2n) is 6.97. The van der Waals surface area contributed by atoms with Crippen molar-refractivity contribution in [2.24, 2.45) is 7.05 Å². The van der Waals surface area contributed by atoms with Crippen molar-refractivity contribution >= 4 is 38.4 Å². The van der Waals surface area contributed by atoms with Crippen LogP contribution in [-0.4, -0.2) is 31.8 Å². The van der Waals surface area contributed by atoms with E-state index in [2.05, 4.69) is 4.72 Å². The number of hydrogen-bond donors (Lipinski definition) is 1. The monoisotopic (exact) mass is 434 g/mol. The number of ether oxygens (including phenoxy) is 1. The lowest BCUT2D eigenvalue weighted by Crippen LogP contribution is -2.31. The van der Waals surface area contributed by atoms with E-state index in [0.717, 1.165) is 34.0 Å². The minimum atomic E-state index is -3.66. The van der Waals surface area contributed by atoms with Crippen molar-refractivity contribution in [1.29, 1.82) is 0 Å². The molecule has 0 saturated carbocycles. The van der Waals surface area contributed by atoms with Gasteiger partial charge in [-0.15, -0.1) is 0 Å². The van der Waals surface area contributed by atoms with E-state index in [0.29, 0.717) is 30.2 Å². The van der Waals surface area contributed by atoms with Crippen LogP contribution in [0.25, 0.3) is 10.9 Å². The molecule has 2 aromatic carbocycles. The van der Waals surface area contributed by atoms with Crippen molar-refractivity contribution in [3.05, 3.63) is 64.3 Å². The number of para-hydroxylation sites is 1. The molecular weight excluding hydrogens is 412 g/mol. The predicted octanol–water partition coefficient (Wildman–Crippen LogP) is 3.84. The van der Waals surface area contributed by atoms with Crippen LogP contribution >= 0.6 is 11.6 Å². The van der Waals surface area contributed by atoms with E-state index in [9.17, 15) is 13.2 Å². The van der Waals surface area contributed by atoms with Gasteiger partial charge in [0.1, 0.15) is 11.4 Å². The van der Waals surface area contributed by atoms with Crippen LogP contribution in [0.2, 0.25) is 5.02 Å². The van der Waals surface area contributed by atoms with Crippen LogP contribution in [0.1, 0.15) is 28.0 Å². The lowest BCUT2D eigenvalue weighted by atomic mass is 10.1. The summed E-state index contributed by atoms with van der Waals surface area (Å²) in [5.41, 5.74) is 2.97. The summed E-state index contributed by atoms with van der Waals surface area (Å²) in [6, 6.07) is 13.1. The summed E-state index contributed by atoms with van der Waals surface area (Å²) in [4.78, 5) is 12.6. The van der Waals surface area contributed by atoms with Crippen LogP contribution < -0.4 is 9.46 Å². The number of amides is 1. The summed E-state index contributed by atoms with van der Waals surface area (Å²) in [6.45, 7) is 2.37. The highest BCUT2D eigenvalue weighted by Gasteiger charge is 2.22. The van der Waals surface area contributed by atoms with Crippen molar-refractivity contribution in [3.8, 4) is 5.75 Å². The Kier molecular flexibility index (Phi) is 6.19. The molecule has 0 unspecified atom stereocenters. The standard InChI is InChI=1S/C21H23ClN2O4S/c1-14-13-15(10-11-18(14)22)28-12-6-8-17-16-7-4-5-9-19(16)24(2)20(17)21(25)23-29(3,26)27/h4-5,7,9-11,13H,6,8,12H2,1-3H3,(H,23,25). The summed E-state index contributed by atoms with van der Waals surface area (Å²) in [5, 5.41) is 1.62. The summed E-state index contributed by atoms with van der Waals surface area (Å²) in [6.07, 6.45) is 2.20. The first-order valence-electron chi connectivity index (χ1n) is 9.14. The van der Waals surface area contributed by atoms with E-state index in [4.69, 9.17) is 16.3 Å². The van der Waals surface area contributed by atoms with Gasteiger partial charge in [-0.2, -0.15) is 0 Å². The Balaban J connectivity index is 1.81. The van der Waals surface area contributed by atoms with E-state index in [1.807, 2.05) is 43.3 Å². The minimum absolute atomic E-state index is 0.346. The van der Waals surface area contributed by atoms with Gasteiger partial charge < -0.3 is 9.30 Å². The Morgan fingerprint density at radius 3 is 2.62 bits per heavy atom. The normalized spacial score (nSPS) is 11.6. The van der Waals surface area contributed by atoms with Gasteiger partial charge in [0.05, 0.1) is 12.9 Å². The Labute approximate surface area is 175 Å². The van der Waals surface area contributed by atoms with Crippen LogP contribution in [0, 0.1) is 6.92 Å². The molecule has 1 N–H and O–H groups in total. The maximum Gasteiger partial charge on any atom is 0.281 e. The van der Waals surface area contributed by atoms with E-state index in [1.54, 1.807) is 17.7 Å². The number of aryl methyl sites for hydroxylation is 3. The Hall–Kier alpha value is -2.51. The number of halogens is 1. The number of nitrogens with zero attached hydrogens (tertiary/aromatic N) is 1. The molecule has 0 bridgehead atoms. The number of sulfonamides is 1. The zero-order chi connectivity index (χ0) is 21.2. The Morgan fingerprint density at radius 1 is 1.21 bits per heavy atom. The van der Waals surface area contributed by atoms with Gasteiger partial charge in [-0.3, -0.25) is 4.79 Å². The fourth-order valence-electron chi connectivity index (χ4n) is 3.38. The third-order valence-electron chi connectivity index (χ3n) is 4.67. The first-order valence-corrected chi connectivity index (χ1v) is 11.4. The van der Waals surface area contributed by atoms with Crippen LogP contribution in [0.3, 0.4) is 0 Å². The molecule has 3 aromatic rings. The number of carbonyl (C=O) groups is 1. The fraction of sp³-hybridized carbons (Fsp3) is 0.286. The number of fused-ring (bicyclic) bond motifs is 1. The zero-order valence-corrected chi connectivity index (χ0v) is 18.1. The van der Waals surface area contributed by atoms with Crippen LogP contribution in [0.5, 0.6) is 5.75 Å². The molecule has 29 heavy (non-hydrogen) atoms. The number of hydrogen-bond acceptors (Lipinski definition) is 4. The summed E-state index contributed by atoms with van der Waals surface area (Å²) in [7, 11) is -1.90. The van der Waals surface area contributed by atoms with E-state index >= 15 is 0 Å². The molecule has 0 spiro atoms. The molecule has 1 amide bonds. The van der Waals surface area contributed by atoms with Crippen LogP contribution in [-0.2, 0) is 23.5 Å². The van der Waals surface area contributed by atoms with Crippen LogP contribution in [0.15, 0.2) is 42.5 Å². The average Bonchev–Trinajstić information content (AvgIpc) is 2.93. The first kappa shape index (κ1) is 21.2. The third kappa shape index (κ3) is 4.92. The number of benzene rings is 2. The maximum atomic E-state index is 12.6. The number of aromatic nitrogens is 1. The Bertz CT molecular complexity index is 1170. The largest absolute Gasteiger partial charge is 0.494 e. The van der Waals surface area contributed by atoms with Crippen molar-refractivity contribution in [3.63, 3.8) is 0 Å². The number of nitrogens with one attached hydrogen (secondary N) is 1. The second kappa shape index (κ2) is 8.47. The molecule has 0 aliphatic carbocycles. The first-order chi connectivity index (χ1) is 13.7. The van der Waals surface area contributed by atoms with Gasteiger partial charge in [0.2, 0.25) is 10.0 Å². The second-order valence-corrected chi connectivity index (χ2v) is 9.13. The molecule has 0 fully saturated rings. The topological polar surface area (TPSA) is 77.4 Å².